The Morgan fingerprint density at radius 2 is 2.13 bits per heavy atom. The van der Waals surface area contributed by atoms with Crippen molar-refractivity contribution in [2.75, 3.05) is 13.1 Å². The highest BCUT2D eigenvalue weighted by atomic mass is 32.1. The van der Waals surface area contributed by atoms with Gasteiger partial charge >= 0.3 is 0 Å². The minimum Gasteiger partial charge on any atom is -0.355 e. The number of aromatic nitrogens is 1. The van der Waals surface area contributed by atoms with Crippen LogP contribution in [0.3, 0.4) is 0 Å². The van der Waals surface area contributed by atoms with Gasteiger partial charge in [-0.1, -0.05) is 44.2 Å². The Balaban J connectivity index is 1.82. The van der Waals surface area contributed by atoms with Gasteiger partial charge in [-0.05, 0) is 5.56 Å². The van der Waals surface area contributed by atoms with Crippen molar-refractivity contribution >= 4 is 17.2 Å². The van der Waals surface area contributed by atoms with Crippen LogP contribution in [0.1, 0.15) is 48.5 Å². The lowest BCUT2D eigenvalue weighted by molar-refractivity contribution is -0.121. The predicted octanol–water partition coefficient (Wildman–Crippen LogP) is 3.33. The first-order chi connectivity index (χ1) is 11.1. The standard InChI is InChI=1S/C18H23N3OS/c1-13(2)18-20-15(12-23-18)11-21-9-8-19-17(22)10-16(21)14-6-4-3-5-7-14/h3-7,12-13,16H,8-11H2,1-2H3,(H,19,22)/t16-/m0/s1. The molecule has 23 heavy (non-hydrogen) atoms. The Morgan fingerprint density at radius 3 is 2.83 bits per heavy atom. The summed E-state index contributed by atoms with van der Waals surface area (Å²) in [5, 5.41) is 6.32. The maximum atomic E-state index is 12.0. The van der Waals surface area contributed by atoms with Crippen LogP contribution in [0.5, 0.6) is 0 Å². The first-order valence-corrected chi connectivity index (χ1v) is 9.01. The molecule has 0 unspecified atom stereocenters. The lowest BCUT2D eigenvalue weighted by atomic mass is 10.0. The summed E-state index contributed by atoms with van der Waals surface area (Å²) in [4.78, 5) is 19.1. The molecule has 1 amide bonds. The van der Waals surface area contributed by atoms with Crippen LogP contribution in [0.2, 0.25) is 0 Å². The quantitative estimate of drug-likeness (QED) is 0.936. The van der Waals surface area contributed by atoms with Crippen LogP contribution in [0.15, 0.2) is 35.7 Å². The Kier molecular flexibility index (Phi) is 5.08. The van der Waals surface area contributed by atoms with Crippen LogP contribution in [0.25, 0.3) is 0 Å². The highest BCUT2D eigenvalue weighted by Crippen LogP contribution is 2.28. The molecule has 2 aromatic rings. The number of rotatable bonds is 4. The van der Waals surface area contributed by atoms with Crippen molar-refractivity contribution in [2.24, 2.45) is 0 Å². The molecular formula is C18H23N3OS. The van der Waals surface area contributed by atoms with Crippen molar-refractivity contribution in [1.29, 1.82) is 0 Å². The molecule has 1 aliphatic heterocycles. The van der Waals surface area contributed by atoms with E-state index in [1.807, 2.05) is 18.2 Å². The number of carbonyl (C=O) groups excluding carboxylic acids is 1. The Labute approximate surface area is 141 Å². The molecule has 5 heteroatoms. The number of nitrogens with zero attached hydrogens (tertiary/aromatic N) is 2. The number of carbonyl (C=O) groups is 1. The van der Waals surface area contributed by atoms with Gasteiger partial charge in [-0.25, -0.2) is 4.98 Å². The molecule has 0 spiro atoms. The molecule has 0 bridgehead atoms. The van der Waals surface area contributed by atoms with Gasteiger partial charge < -0.3 is 5.32 Å². The molecule has 1 fully saturated rings. The molecule has 1 atom stereocenters. The van der Waals surface area contributed by atoms with Crippen molar-refractivity contribution in [2.45, 2.75) is 38.8 Å². The fourth-order valence-electron chi connectivity index (χ4n) is 2.93. The molecule has 2 heterocycles. The van der Waals surface area contributed by atoms with E-state index < -0.39 is 0 Å². The number of hydrogen-bond donors (Lipinski definition) is 1. The molecule has 1 aromatic carbocycles. The molecule has 1 saturated heterocycles. The number of benzene rings is 1. The fourth-order valence-corrected chi connectivity index (χ4v) is 3.76. The largest absolute Gasteiger partial charge is 0.355 e. The third-order valence-corrected chi connectivity index (χ3v) is 5.35. The third kappa shape index (κ3) is 3.98. The highest BCUT2D eigenvalue weighted by molar-refractivity contribution is 7.09. The van der Waals surface area contributed by atoms with Gasteiger partial charge in [-0.2, -0.15) is 0 Å². The SMILES string of the molecule is CC(C)c1nc(CN2CCNC(=O)C[C@H]2c2ccccc2)cs1. The van der Waals surface area contributed by atoms with Crippen molar-refractivity contribution < 1.29 is 4.79 Å². The third-order valence-electron chi connectivity index (χ3n) is 4.15. The monoisotopic (exact) mass is 329 g/mol. The van der Waals surface area contributed by atoms with Gasteiger partial charge in [-0.15, -0.1) is 11.3 Å². The molecule has 4 nitrogen and oxygen atoms in total. The Hall–Kier alpha value is -1.72. The maximum Gasteiger partial charge on any atom is 0.221 e. The summed E-state index contributed by atoms with van der Waals surface area (Å²) in [6.07, 6.45) is 0.505. The number of hydrogen-bond acceptors (Lipinski definition) is 4. The van der Waals surface area contributed by atoms with E-state index in [0.717, 1.165) is 18.8 Å². The van der Waals surface area contributed by atoms with Gasteiger partial charge in [0.25, 0.3) is 0 Å². The zero-order valence-corrected chi connectivity index (χ0v) is 14.5. The highest BCUT2D eigenvalue weighted by Gasteiger charge is 2.26. The van der Waals surface area contributed by atoms with Gasteiger partial charge in [0, 0.05) is 43.4 Å². The summed E-state index contributed by atoms with van der Waals surface area (Å²) < 4.78 is 0. The average molecular weight is 329 g/mol. The lowest BCUT2D eigenvalue weighted by Gasteiger charge is -2.28. The molecule has 3 rings (SSSR count). The van der Waals surface area contributed by atoms with Crippen molar-refractivity contribution in [3.05, 3.63) is 52.0 Å². The van der Waals surface area contributed by atoms with E-state index in [0.29, 0.717) is 18.9 Å². The summed E-state index contributed by atoms with van der Waals surface area (Å²) in [7, 11) is 0. The molecule has 0 aliphatic carbocycles. The molecule has 122 valence electrons. The minimum atomic E-state index is 0.114. The second-order valence-corrected chi connectivity index (χ2v) is 7.17. The van der Waals surface area contributed by atoms with E-state index in [1.54, 1.807) is 11.3 Å². The van der Waals surface area contributed by atoms with Gasteiger partial charge in [0.15, 0.2) is 0 Å². The number of amides is 1. The second kappa shape index (κ2) is 7.23. The molecule has 1 N–H and O–H groups in total. The van der Waals surface area contributed by atoms with Crippen LogP contribution in [0.4, 0.5) is 0 Å². The fraction of sp³-hybridized carbons (Fsp3) is 0.444. The van der Waals surface area contributed by atoms with Crippen molar-refractivity contribution in [1.82, 2.24) is 15.2 Å². The molecule has 1 aliphatic rings. The van der Waals surface area contributed by atoms with E-state index in [4.69, 9.17) is 4.98 Å². The molecule has 0 saturated carbocycles. The Morgan fingerprint density at radius 1 is 1.35 bits per heavy atom. The number of nitrogens with one attached hydrogen (secondary N) is 1. The van der Waals surface area contributed by atoms with Crippen LogP contribution in [0, 0.1) is 0 Å². The molecule has 1 aromatic heterocycles. The second-order valence-electron chi connectivity index (χ2n) is 6.28. The average Bonchev–Trinajstić information content (AvgIpc) is 2.93. The Bertz CT molecular complexity index is 653. The van der Waals surface area contributed by atoms with Gasteiger partial charge in [0.1, 0.15) is 0 Å². The van der Waals surface area contributed by atoms with E-state index >= 15 is 0 Å². The maximum absolute atomic E-state index is 12.0. The van der Waals surface area contributed by atoms with Gasteiger partial charge in [0.2, 0.25) is 5.91 Å². The van der Waals surface area contributed by atoms with E-state index in [-0.39, 0.29) is 11.9 Å². The first kappa shape index (κ1) is 16.1. The minimum absolute atomic E-state index is 0.114. The zero-order chi connectivity index (χ0) is 16.2. The van der Waals surface area contributed by atoms with E-state index in [2.05, 4.69) is 41.6 Å². The molecule has 0 radical (unpaired) electrons. The summed E-state index contributed by atoms with van der Waals surface area (Å²) in [5.41, 5.74) is 2.30. The summed E-state index contributed by atoms with van der Waals surface area (Å²) >= 11 is 1.73. The van der Waals surface area contributed by atoms with Crippen LogP contribution < -0.4 is 5.32 Å². The van der Waals surface area contributed by atoms with Gasteiger partial charge in [-0.3, -0.25) is 9.69 Å². The zero-order valence-electron chi connectivity index (χ0n) is 13.7. The van der Waals surface area contributed by atoms with Crippen LogP contribution in [-0.4, -0.2) is 28.9 Å². The van der Waals surface area contributed by atoms with Crippen molar-refractivity contribution in [3.63, 3.8) is 0 Å². The lowest BCUT2D eigenvalue weighted by Crippen LogP contribution is -2.30. The number of thiazole rings is 1. The predicted molar refractivity (Wildman–Crippen MR) is 93.4 cm³/mol. The van der Waals surface area contributed by atoms with Gasteiger partial charge in [0.05, 0.1) is 10.7 Å². The summed E-state index contributed by atoms with van der Waals surface area (Å²) in [6.45, 7) is 6.68. The summed E-state index contributed by atoms with van der Waals surface area (Å²) in [5.74, 6) is 0.591. The van der Waals surface area contributed by atoms with Crippen LogP contribution >= 0.6 is 11.3 Å². The van der Waals surface area contributed by atoms with Crippen molar-refractivity contribution in [3.8, 4) is 0 Å². The normalized spacial score (nSPS) is 19.6. The molecular weight excluding hydrogens is 306 g/mol. The first-order valence-electron chi connectivity index (χ1n) is 8.13. The smallest absolute Gasteiger partial charge is 0.221 e. The van der Waals surface area contributed by atoms with E-state index in [9.17, 15) is 4.79 Å². The summed E-state index contributed by atoms with van der Waals surface area (Å²) in [6, 6.07) is 10.4. The topological polar surface area (TPSA) is 45.2 Å². The van der Waals surface area contributed by atoms with E-state index in [1.165, 1.54) is 10.6 Å². The van der Waals surface area contributed by atoms with Crippen LogP contribution in [-0.2, 0) is 11.3 Å².